The first-order chi connectivity index (χ1) is 4.33. The average molecular weight is 132 g/mol. The van der Waals surface area contributed by atoms with E-state index in [1.807, 2.05) is 0 Å². The van der Waals surface area contributed by atoms with Crippen LogP contribution < -0.4 is 0 Å². The first-order valence-corrected chi connectivity index (χ1v) is 3.58. The molecule has 0 aromatic rings. The molecular formula is C7H13FO. The second-order valence-electron chi connectivity index (χ2n) is 2.80. The molecule has 9 heavy (non-hydrogen) atoms. The maximum Gasteiger partial charge on any atom is 0.100 e. The molecule has 0 aromatic heterocycles. The molecule has 0 aromatic carbocycles. The van der Waals surface area contributed by atoms with Crippen molar-refractivity contribution in [2.75, 3.05) is 6.61 Å². The summed E-state index contributed by atoms with van der Waals surface area (Å²) < 4.78 is 12.4. The van der Waals surface area contributed by atoms with E-state index in [-0.39, 0.29) is 6.61 Å². The van der Waals surface area contributed by atoms with Gasteiger partial charge in [-0.3, -0.25) is 0 Å². The van der Waals surface area contributed by atoms with Gasteiger partial charge in [-0.05, 0) is 31.6 Å². The van der Waals surface area contributed by atoms with Crippen molar-refractivity contribution in [1.82, 2.24) is 0 Å². The minimum atomic E-state index is -0.590. The van der Waals surface area contributed by atoms with E-state index < -0.39 is 6.17 Å². The summed E-state index contributed by atoms with van der Waals surface area (Å²) in [5.74, 6) is 0.386. The van der Waals surface area contributed by atoms with Gasteiger partial charge in [-0.2, -0.15) is 0 Å². The van der Waals surface area contributed by atoms with Gasteiger partial charge in [0.05, 0.1) is 0 Å². The Balaban J connectivity index is 2.18. The summed E-state index contributed by atoms with van der Waals surface area (Å²) in [4.78, 5) is 0. The smallest absolute Gasteiger partial charge is 0.100 e. The van der Waals surface area contributed by atoms with Gasteiger partial charge in [-0.15, -0.1) is 0 Å². The summed E-state index contributed by atoms with van der Waals surface area (Å²) in [5, 5.41) is 8.65. The zero-order valence-corrected chi connectivity index (χ0v) is 5.52. The summed E-state index contributed by atoms with van der Waals surface area (Å²) in [6, 6.07) is 0. The summed E-state index contributed by atoms with van der Waals surface area (Å²) in [7, 11) is 0. The van der Waals surface area contributed by atoms with Gasteiger partial charge in [-0.1, -0.05) is 0 Å². The Morgan fingerprint density at radius 2 is 1.78 bits per heavy atom. The van der Waals surface area contributed by atoms with Crippen LogP contribution in [0, 0.1) is 5.92 Å². The van der Waals surface area contributed by atoms with E-state index in [0.717, 1.165) is 12.8 Å². The lowest BCUT2D eigenvalue weighted by molar-refractivity contribution is 0.146. The monoisotopic (exact) mass is 132 g/mol. The second kappa shape index (κ2) is 3.16. The molecule has 0 spiro atoms. The zero-order chi connectivity index (χ0) is 6.69. The van der Waals surface area contributed by atoms with Crippen LogP contribution in [0.4, 0.5) is 4.39 Å². The molecule has 0 amide bonds. The highest BCUT2D eigenvalue weighted by Crippen LogP contribution is 2.25. The predicted octanol–water partition coefficient (Wildman–Crippen LogP) is 1.51. The van der Waals surface area contributed by atoms with Crippen LogP contribution in [0.3, 0.4) is 0 Å². The number of rotatable bonds is 1. The lowest BCUT2D eigenvalue weighted by atomic mass is 9.89. The summed E-state index contributed by atoms with van der Waals surface area (Å²) in [5.41, 5.74) is 0. The number of halogens is 1. The Morgan fingerprint density at radius 3 is 2.22 bits per heavy atom. The topological polar surface area (TPSA) is 20.2 Å². The molecule has 0 aliphatic heterocycles. The maximum atomic E-state index is 12.4. The van der Waals surface area contributed by atoms with Gasteiger partial charge in [0.2, 0.25) is 0 Å². The normalized spacial score (nSPS) is 36.7. The molecular weight excluding hydrogens is 119 g/mol. The van der Waals surface area contributed by atoms with Crippen molar-refractivity contribution >= 4 is 0 Å². The third-order valence-corrected chi connectivity index (χ3v) is 2.03. The molecule has 1 N–H and O–H groups in total. The number of aliphatic hydroxyl groups excluding tert-OH is 1. The Morgan fingerprint density at radius 1 is 1.22 bits per heavy atom. The van der Waals surface area contributed by atoms with Crippen LogP contribution in [-0.2, 0) is 0 Å². The molecule has 2 heteroatoms. The van der Waals surface area contributed by atoms with E-state index in [4.69, 9.17) is 5.11 Å². The van der Waals surface area contributed by atoms with Crippen LogP contribution >= 0.6 is 0 Å². The van der Waals surface area contributed by atoms with Gasteiger partial charge in [0.25, 0.3) is 0 Å². The molecule has 1 rings (SSSR count). The van der Waals surface area contributed by atoms with Crippen molar-refractivity contribution in [3.63, 3.8) is 0 Å². The molecule has 0 atom stereocenters. The highest BCUT2D eigenvalue weighted by Gasteiger charge is 2.19. The molecule has 1 fully saturated rings. The third kappa shape index (κ3) is 1.94. The molecule has 1 aliphatic carbocycles. The van der Waals surface area contributed by atoms with Crippen LogP contribution in [0.25, 0.3) is 0 Å². The Labute approximate surface area is 54.9 Å². The standard InChI is InChI=1S/C7H13FO/c8-7-3-1-6(5-9)2-4-7/h6-7,9H,1-5H2/t6-,7+. The number of hydrogen-bond donors (Lipinski definition) is 1. The summed E-state index contributed by atoms with van der Waals surface area (Å²) in [6.45, 7) is 0.243. The van der Waals surface area contributed by atoms with Crippen LogP contribution in [0.5, 0.6) is 0 Å². The number of hydrogen-bond acceptors (Lipinski definition) is 1. The van der Waals surface area contributed by atoms with E-state index in [1.165, 1.54) is 0 Å². The second-order valence-corrected chi connectivity index (χ2v) is 2.80. The fourth-order valence-corrected chi connectivity index (χ4v) is 1.30. The largest absolute Gasteiger partial charge is 0.396 e. The minimum absolute atomic E-state index is 0.243. The van der Waals surface area contributed by atoms with E-state index in [9.17, 15) is 4.39 Å². The van der Waals surface area contributed by atoms with Crippen molar-refractivity contribution in [3.05, 3.63) is 0 Å². The highest BCUT2D eigenvalue weighted by atomic mass is 19.1. The summed E-state index contributed by atoms with van der Waals surface area (Å²) >= 11 is 0. The fraction of sp³-hybridized carbons (Fsp3) is 1.00. The maximum absolute atomic E-state index is 12.4. The zero-order valence-electron chi connectivity index (χ0n) is 5.52. The quantitative estimate of drug-likeness (QED) is 0.573. The average Bonchev–Trinajstić information content (AvgIpc) is 1.90. The Kier molecular flexibility index (Phi) is 2.46. The molecule has 54 valence electrons. The van der Waals surface area contributed by atoms with Crippen molar-refractivity contribution in [2.45, 2.75) is 31.9 Å². The highest BCUT2D eigenvalue weighted by molar-refractivity contribution is 4.70. The molecule has 0 bridgehead atoms. The van der Waals surface area contributed by atoms with Crippen LogP contribution in [0.15, 0.2) is 0 Å². The lowest BCUT2D eigenvalue weighted by Crippen LogP contribution is -2.17. The van der Waals surface area contributed by atoms with Crippen molar-refractivity contribution in [2.24, 2.45) is 5.92 Å². The van der Waals surface area contributed by atoms with E-state index in [0.29, 0.717) is 18.8 Å². The minimum Gasteiger partial charge on any atom is -0.396 e. The van der Waals surface area contributed by atoms with E-state index in [2.05, 4.69) is 0 Å². The molecule has 0 heterocycles. The first-order valence-electron chi connectivity index (χ1n) is 3.58. The lowest BCUT2D eigenvalue weighted by Gasteiger charge is -2.21. The van der Waals surface area contributed by atoms with Gasteiger partial charge in [0.15, 0.2) is 0 Å². The Bertz CT molecular complexity index is 77.0. The van der Waals surface area contributed by atoms with Crippen LogP contribution in [0.2, 0.25) is 0 Å². The molecule has 1 nitrogen and oxygen atoms in total. The third-order valence-electron chi connectivity index (χ3n) is 2.03. The van der Waals surface area contributed by atoms with Crippen molar-refractivity contribution in [3.8, 4) is 0 Å². The molecule has 0 radical (unpaired) electrons. The summed E-state index contributed by atoms with van der Waals surface area (Å²) in [6.07, 6.45) is 2.47. The van der Waals surface area contributed by atoms with Gasteiger partial charge < -0.3 is 5.11 Å². The molecule has 1 saturated carbocycles. The van der Waals surface area contributed by atoms with Gasteiger partial charge in [0, 0.05) is 6.61 Å². The van der Waals surface area contributed by atoms with Crippen LogP contribution in [-0.4, -0.2) is 17.9 Å². The molecule has 0 saturated heterocycles. The predicted molar refractivity (Wildman–Crippen MR) is 33.9 cm³/mol. The van der Waals surface area contributed by atoms with Gasteiger partial charge >= 0.3 is 0 Å². The number of alkyl halides is 1. The SMILES string of the molecule is OC[C@H]1CC[C@@H](F)CC1. The van der Waals surface area contributed by atoms with Crippen LogP contribution in [0.1, 0.15) is 25.7 Å². The first kappa shape index (κ1) is 7.00. The van der Waals surface area contributed by atoms with Crippen molar-refractivity contribution < 1.29 is 9.50 Å². The van der Waals surface area contributed by atoms with Gasteiger partial charge in [0.1, 0.15) is 6.17 Å². The van der Waals surface area contributed by atoms with Crippen molar-refractivity contribution in [1.29, 1.82) is 0 Å². The fourth-order valence-electron chi connectivity index (χ4n) is 1.30. The van der Waals surface area contributed by atoms with Gasteiger partial charge in [-0.25, -0.2) is 4.39 Å². The van der Waals surface area contributed by atoms with E-state index >= 15 is 0 Å². The molecule has 0 unspecified atom stereocenters. The van der Waals surface area contributed by atoms with E-state index in [1.54, 1.807) is 0 Å². The number of aliphatic hydroxyl groups is 1. The Hall–Kier alpha value is -0.110. The molecule has 1 aliphatic rings.